The first kappa shape index (κ1) is 15.2. The molecule has 4 aliphatic carbocycles. The zero-order valence-electron chi connectivity index (χ0n) is 14.8. The summed E-state index contributed by atoms with van der Waals surface area (Å²) in [6.45, 7) is 7.42. The van der Waals surface area contributed by atoms with Gasteiger partial charge in [0.05, 0.1) is 6.10 Å². The Labute approximate surface area is 136 Å². The molecule has 0 unspecified atom stereocenters. The van der Waals surface area contributed by atoms with Crippen molar-refractivity contribution >= 4 is 0 Å². The van der Waals surface area contributed by atoms with Gasteiger partial charge in [-0.05, 0) is 99.2 Å². The minimum Gasteiger partial charge on any atom is -0.393 e. The molecule has 0 bridgehead atoms. The molecule has 1 nitrogen and oxygen atoms in total. The molecule has 0 aliphatic heterocycles. The SMILES string of the molecule is CC=C1C[C@@H]2[C@H]3CC[C@@H]4C[C@@H](O)CC[C@@]4(C)[C@@H]3CC[C@@]2(C)C1. The van der Waals surface area contributed by atoms with Crippen molar-refractivity contribution in [3.63, 3.8) is 0 Å². The van der Waals surface area contributed by atoms with Crippen LogP contribution in [-0.4, -0.2) is 11.2 Å². The van der Waals surface area contributed by atoms with Crippen molar-refractivity contribution in [3.8, 4) is 0 Å². The van der Waals surface area contributed by atoms with E-state index in [-0.39, 0.29) is 6.10 Å². The number of aliphatic hydroxyl groups is 1. The molecule has 7 atom stereocenters. The number of rotatable bonds is 0. The van der Waals surface area contributed by atoms with Crippen LogP contribution in [0, 0.1) is 34.5 Å². The third-order valence-electron chi connectivity index (χ3n) is 8.68. The second-order valence-corrected chi connectivity index (χ2v) is 9.61. The Morgan fingerprint density at radius 2 is 1.86 bits per heavy atom. The summed E-state index contributed by atoms with van der Waals surface area (Å²) in [5.41, 5.74) is 2.86. The molecule has 0 radical (unpaired) electrons. The summed E-state index contributed by atoms with van der Waals surface area (Å²) in [5.74, 6) is 3.65. The first-order valence-corrected chi connectivity index (χ1v) is 9.78. The van der Waals surface area contributed by atoms with Gasteiger partial charge in [0, 0.05) is 0 Å². The number of fused-ring (bicyclic) bond motifs is 5. The number of aliphatic hydroxyl groups excluding tert-OH is 1. The van der Waals surface area contributed by atoms with Gasteiger partial charge in [0.1, 0.15) is 0 Å². The van der Waals surface area contributed by atoms with Gasteiger partial charge in [0.25, 0.3) is 0 Å². The average Bonchev–Trinajstić information content (AvgIpc) is 2.85. The summed E-state index contributed by atoms with van der Waals surface area (Å²) < 4.78 is 0. The minimum atomic E-state index is -0.00964. The topological polar surface area (TPSA) is 20.2 Å². The van der Waals surface area contributed by atoms with Crippen LogP contribution in [-0.2, 0) is 0 Å². The summed E-state index contributed by atoms with van der Waals surface area (Å²) >= 11 is 0. The monoisotopic (exact) mass is 302 g/mol. The minimum absolute atomic E-state index is 0.00964. The molecule has 4 rings (SSSR count). The fourth-order valence-corrected chi connectivity index (χ4v) is 7.34. The van der Waals surface area contributed by atoms with Crippen LogP contribution >= 0.6 is 0 Å². The maximum atomic E-state index is 10.1. The third-order valence-corrected chi connectivity index (χ3v) is 8.68. The van der Waals surface area contributed by atoms with E-state index in [0.717, 1.165) is 36.5 Å². The van der Waals surface area contributed by atoms with E-state index in [2.05, 4.69) is 26.8 Å². The molecule has 0 aromatic carbocycles. The van der Waals surface area contributed by atoms with Gasteiger partial charge in [0.15, 0.2) is 0 Å². The van der Waals surface area contributed by atoms with Crippen LogP contribution in [0.3, 0.4) is 0 Å². The zero-order valence-corrected chi connectivity index (χ0v) is 14.8. The molecule has 0 amide bonds. The van der Waals surface area contributed by atoms with Gasteiger partial charge in [-0.1, -0.05) is 25.5 Å². The van der Waals surface area contributed by atoms with Crippen LogP contribution in [0.5, 0.6) is 0 Å². The molecule has 4 fully saturated rings. The molecular weight excluding hydrogens is 268 g/mol. The Morgan fingerprint density at radius 1 is 1.05 bits per heavy atom. The van der Waals surface area contributed by atoms with Gasteiger partial charge in [-0.15, -0.1) is 0 Å². The highest BCUT2D eigenvalue weighted by Crippen LogP contribution is 2.66. The van der Waals surface area contributed by atoms with E-state index >= 15 is 0 Å². The van der Waals surface area contributed by atoms with E-state index in [1.165, 1.54) is 44.9 Å². The quantitative estimate of drug-likeness (QED) is 0.599. The lowest BCUT2D eigenvalue weighted by atomic mass is 9.45. The number of hydrogen-bond acceptors (Lipinski definition) is 1. The van der Waals surface area contributed by atoms with Gasteiger partial charge < -0.3 is 5.11 Å². The van der Waals surface area contributed by atoms with Crippen LogP contribution in [0.25, 0.3) is 0 Å². The highest BCUT2D eigenvalue weighted by atomic mass is 16.3. The van der Waals surface area contributed by atoms with Crippen molar-refractivity contribution in [2.75, 3.05) is 0 Å². The fraction of sp³-hybridized carbons (Fsp3) is 0.905. The molecule has 0 saturated heterocycles. The van der Waals surface area contributed by atoms with E-state index < -0.39 is 0 Å². The van der Waals surface area contributed by atoms with Crippen LogP contribution in [0.1, 0.15) is 78.6 Å². The first-order valence-electron chi connectivity index (χ1n) is 9.78. The summed E-state index contributed by atoms with van der Waals surface area (Å²) in [5, 5.41) is 10.1. The van der Waals surface area contributed by atoms with Crippen LogP contribution in [0.15, 0.2) is 11.6 Å². The Hall–Kier alpha value is -0.300. The van der Waals surface area contributed by atoms with Gasteiger partial charge in [-0.3, -0.25) is 0 Å². The summed E-state index contributed by atoms with van der Waals surface area (Å²) in [4.78, 5) is 0. The molecule has 1 heteroatoms. The van der Waals surface area contributed by atoms with Crippen LogP contribution in [0.4, 0.5) is 0 Å². The second kappa shape index (κ2) is 5.10. The zero-order chi connectivity index (χ0) is 15.5. The van der Waals surface area contributed by atoms with Gasteiger partial charge >= 0.3 is 0 Å². The Balaban J connectivity index is 1.62. The molecule has 124 valence electrons. The van der Waals surface area contributed by atoms with Crippen LogP contribution in [0.2, 0.25) is 0 Å². The number of allylic oxidation sites excluding steroid dienone is 2. The third kappa shape index (κ3) is 2.07. The van der Waals surface area contributed by atoms with E-state index in [1.807, 2.05) is 0 Å². The lowest BCUT2D eigenvalue weighted by molar-refractivity contribution is -0.120. The van der Waals surface area contributed by atoms with Crippen molar-refractivity contribution < 1.29 is 5.11 Å². The van der Waals surface area contributed by atoms with Crippen molar-refractivity contribution in [1.29, 1.82) is 0 Å². The normalized spacial score (nSPS) is 56.4. The molecule has 4 aliphatic rings. The Bertz CT molecular complexity index is 480. The average molecular weight is 303 g/mol. The molecule has 0 heterocycles. The summed E-state index contributed by atoms with van der Waals surface area (Å²) in [6, 6.07) is 0. The fourth-order valence-electron chi connectivity index (χ4n) is 7.34. The maximum Gasteiger partial charge on any atom is 0.0543 e. The van der Waals surface area contributed by atoms with E-state index in [4.69, 9.17) is 0 Å². The maximum absolute atomic E-state index is 10.1. The highest BCUT2D eigenvalue weighted by Gasteiger charge is 2.58. The lowest BCUT2D eigenvalue weighted by Gasteiger charge is -2.60. The van der Waals surface area contributed by atoms with Crippen molar-refractivity contribution in [3.05, 3.63) is 11.6 Å². The Kier molecular flexibility index (Phi) is 3.53. The largest absolute Gasteiger partial charge is 0.393 e. The summed E-state index contributed by atoms with van der Waals surface area (Å²) in [6.07, 6.45) is 14.3. The predicted octanol–water partition coefficient (Wildman–Crippen LogP) is 5.34. The molecule has 22 heavy (non-hydrogen) atoms. The van der Waals surface area contributed by atoms with Crippen molar-refractivity contribution in [1.82, 2.24) is 0 Å². The van der Waals surface area contributed by atoms with E-state index in [9.17, 15) is 5.11 Å². The predicted molar refractivity (Wildman–Crippen MR) is 91.5 cm³/mol. The van der Waals surface area contributed by atoms with Crippen LogP contribution < -0.4 is 0 Å². The van der Waals surface area contributed by atoms with Gasteiger partial charge in [0.2, 0.25) is 0 Å². The highest BCUT2D eigenvalue weighted by molar-refractivity contribution is 5.18. The second-order valence-electron chi connectivity index (χ2n) is 9.61. The smallest absolute Gasteiger partial charge is 0.0543 e. The van der Waals surface area contributed by atoms with Crippen molar-refractivity contribution in [2.24, 2.45) is 34.5 Å². The summed E-state index contributed by atoms with van der Waals surface area (Å²) in [7, 11) is 0. The van der Waals surface area contributed by atoms with Gasteiger partial charge in [-0.2, -0.15) is 0 Å². The number of hydrogen-bond donors (Lipinski definition) is 1. The van der Waals surface area contributed by atoms with Crippen molar-refractivity contribution in [2.45, 2.75) is 84.7 Å². The molecule has 0 spiro atoms. The first-order chi connectivity index (χ1) is 10.5. The molecule has 0 aromatic heterocycles. The lowest BCUT2D eigenvalue weighted by Crippen LogP contribution is -2.53. The molecule has 1 N–H and O–H groups in total. The molecule has 0 aromatic rings. The standard InChI is InChI=1S/C21H34O/c1-4-14-11-19-17-6-5-15-12-16(22)7-10-21(15,3)18(17)8-9-20(19,2)13-14/h4,15-19,22H,5-13H2,1-3H3/t15-,16+,17+,18-,19-,20+,21-/m1/s1. The molecule has 4 saturated carbocycles. The molecular formula is C21H34O. The van der Waals surface area contributed by atoms with Gasteiger partial charge in [-0.25, -0.2) is 0 Å². The Morgan fingerprint density at radius 3 is 2.64 bits per heavy atom. The van der Waals surface area contributed by atoms with E-state index in [1.54, 1.807) is 5.57 Å². The van der Waals surface area contributed by atoms with E-state index in [0.29, 0.717) is 10.8 Å².